The lowest BCUT2D eigenvalue weighted by Gasteiger charge is -2.30. The van der Waals surface area contributed by atoms with Gasteiger partial charge in [0.05, 0.1) is 0 Å². The summed E-state index contributed by atoms with van der Waals surface area (Å²) in [6, 6.07) is 65.5. The Kier molecular flexibility index (Phi) is 8.25. The summed E-state index contributed by atoms with van der Waals surface area (Å²) in [5.74, 6) is 0. The highest BCUT2D eigenvalue weighted by molar-refractivity contribution is 9.10. The van der Waals surface area contributed by atoms with Crippen LogP contribution in [0.5, 0.6) is 0 Å². The first kappa shape index (κ1) is 36.3. The third-order valence-corrected chi connectivity index (χ3v) is 14.2. The van der Waals surface area contributed by atoms with Crippen molar-refractivity contribution in [1.29, 1.82) is 0 Å². The monoisotopic (exact) mass is 885 g/mol. The highest BCUT2D eigenvalue weighted by atomic mass is 79.9. The maximum atomic E-state index is 3.82. The molecule has 3 heteroatoms. The molecule has 0 radical (unpaired) electrons. The summed E-state index contributed by atoms with van der Waals surface area (Å²) >= 11 is 7.64. The Morgan fingerprint density at radius 1 is 0.339 bits per heavy atom. The fourth-order valence-corrected chi connectivity index (χ4v) is 11.0. The molecular weight excluding hydrogens is 846 g/mol. The van der Waals surface area contributed by atoms with Crippen LogP contribution in [0.4, 0.5) is 17.1 Å². The summed E-state index contributed by atoms with van der Waals surface area (Å²) in [6.07, 6.45) is 0. The molecule has 0 saturated carbocycles. The van der Waals surface area contributed by atoms with Gasteiger partial charge in [0.1, 0.15) is 0 Å². The fraction of sp³-hybridized carbons (Fsp3) is 0.107. The lowest BCUT2D eigenvalue weighted by Crippen LogP contribution is -2.18. The molecule has 0 N–H and O–H groups in total. The summed E-state index contributed by atoms with van der Waals surface area (Å²) < 4.78 is 2.13. The van der Waals surface area contributed by atoms with Crippen LogP contribution in [0.25, 0.3) is 66.1 Å². The molecule has 0 heterocycles. The first-order valence-corrected chi connectivity index (χ1v) is 22.0. The minimum absolute atomic E-state index is 0.114. The highest BCUT2D eigenvalue weighted by Gasteiger charge is 2.37. The Morgan fingerprint density at radius 3 is 1.25 bits per heavy atom. The largest absolute Gasteiger partial charge is 0.310 e. The molecule has 0 atom stereocenters. The number of benzene rings is 9. The van der Waals surface area contributed by atoms with Gasteiger partial charge >= 0.3 is 0 Å². The number of fused-ring (bicyclic) bond motifs is 8. The normalized spacial score (nSPS) is 14.2. The van der Waals surface area contributed by atoms with Crippen molar-refractivity contribution in [3.63, 3.8) is 0 Å². The van der Waals surface area contributed by atoms with E-state index in [0.29, 0.717) is 0 Å². The van der Waals surface area contributed by atoms with Crippen LogP contribution in [0, 0.1) is 0 Å². The van der Waals surface area contributed by atoms with Crippen molar-refractivity contribution in [2.75, 3.05) is 4.90 Å². The van der Waals surface area contributed by atoms with Crippen LogP contribution in [0.2, 0.25) is 0 Å². The molecule has 0 fully saturated rings. The molecular formula is C56H41Br2N. The third kappa shape index (κ3) is 5.55. The van der Waals surface area contributed by atoms with Gasteiger partial charge in [-0.05, 0) is 149 Å². The zero-order chi connectivity index (χ0) is 40.2. The van der Waals surface area contributed by atoms with Gasteiger partial charge in [0.15, 0.2) is 0 Å². The molecule has 0 spiro atoms. The van der Waals surface area contributed by atoms with Crippen molar-refractivity contribution < 1.29 is 0 Å². The number of anilines is 3. The van der Waals surface area contributed by atoms with Crippen molar-refractivity contribution in [2.24, 2.45) is 0 Å². The van der Waals surface area contributed by atoms with Crippen LogP contribution in [0.1, 0.15) is 49.9 Å². The predicted octanol–water partition coefficient (Wildman–Crippen LogP) is 16.9. The molecule has 9 aromatic carbocycles. The van der Waals surface area contributed by atoms with Crippen LogP contribution in [-0.4, -0.2) is 0 Å². The molecule has 0 aromatic heterocycles. The van der Waals surface area contributed by atoms with E-state index in [4.69, 9.17) is 0 Å². The van der Waals surface area contributed by atoms with E-state index in [9.17, 15) is 0 Å². The third-order valence-electron chi connectivity index (χ3n) is 13.2. The molecule has 2 aliphatic rings. The Bertz CT molecular complexity index is 3010. The Balaban J connectivity index is 1.11. The van der Waals surface area contributed by atoms with Crippen molar-refractivity contribution in [1.82, 2.24) is 0 Å². The molecule has 0 aliphatic heterocycles. The van der Waals surface area contributed by atoms with Gasteiger partial charge < -0.3 is 4.90 Å². The predicted molar refractivity (Wildman–Crippen MR) is 258 cm³/mol. The number of hydrogen-bond acceptors (Lipinski definition) is 1. The van der Waals surface area contributed by atoms with E-state index < -0.39 is 0 Å². The van der Waals surface area contributed by atoms with Gasteiger partial charge in [-0.3, -0.25) is 0 Å². The maximum Gasteiger partial charge on any atom is 0.0465 e. The number of nitrogens with zero attached hydrogens (tertiary/aromatic N) is 1. The molecule has 2 aliphatic carbocycles. The second kappa shape index (κ2) is 13.4. The van der Waals surface area contributed by atoms with Gasteiger partial charge in [0.2, 0.25) is 0 Å². The van der Waals surface area contributed by atoms with Gasteiger partial charge in [-0.15, -0.1) is 0 Å². The Labute approximate surface area is 363 Å². The zero-order valence-corrected chi connectivity index (χ0v) is 36.6. The summed E-state index contributed by atoms with van der Waals surface area (Å²) in [5.41, 5.74) is 18.9. The Hall–Kier alpha value is -5.74. The number of hydrogen-bond donors (Lipinski definition) is 0. The molecule has 11 rings (SSSR count). The summed E-state index contributed by atoms with van der Waals surface area (Å²) in [4.78, 5) is 2.46. The molecule has 0 amide bonds. The van der Waals surface area contributed by atoms with Crippen molar-refractivity contribution in [2.45, 2.75) is 38.5 Å². The molecule has 0 unspecified atom stereocenters. The van der Waals surface area contributed by atoms with Crippen LogP contribution >= 0.6 is 31.9 Å². The molecule has 1 nitrogen and oxygen atoms in total. The van der Waals surface area contributed by atoms with E-state index in [0.717, 1.165) is 26.0 Å². The zero-order valence-electron chi connectivity index (χ0n) is 33.4. The van der Waals surface area contributed by atoms with E-state index >= 15 is 0 Å². The highest BCUT2D eigenvalue weighted by Crippen LogP contribution is 2.53. The standard InChI is InChI=1S/C56H41Br2N/c1-55(2)49-16-10-8-14-41(49)43-28-24-39(32-51(43)55)59(40-25-29-44-42-15-9-11-17-50(42)56(3,4)52(44)33-40)38-22-18-35(19-23-38)53-45-26-20-36(57)30-47(45)54(34-12-6-5-7-13-34)48-31-37(58)21-27-46(48)53/h5-33H,1-4H3. The van der Waals surface area contributed by atoms with Crippen molar-refractivity contribution in [3.8, 4) is 44.5 Å². The average molecular weight is 888 g/mol. The molecule has 0 bridgehead atoms. The van der Waals surface area contributed by atoms with E-state index in [1.165, 1.54) is 88.3 Å². The summed E-state index contributed by atoms with van der Waals surface area (Å²) in [6.45, 7) is 9.46. The number of rotatable bonds is 5. The second-order valence-corrected chi connectivity index (χ2v) is 19.0. The minimum atomic E-state index is -0.114. The summed E-state index contributed by atoms with van der Waals surface area (Å²) in [7, 11) is 0. The Morgan fingerprint density at radius 2 is 0.746 bits per heavy atom. The van der Waals surface area contributed by atoms with Crippen LogP contribution in [-0.2, 0) is 10.8 Å². The van der Waals surface area contributed by atoms with Gasteiger partial charge in [0, 0.05) is 36.8 Å². The van der Waals surface area contributed by atoms with Crippen molar-refractivity contribution >= 4 is 70.5 Å². The lowest BCUT2D eigenvalue weighted by molar-refractivity contribution is 0.660. The number of halogens is 2. The molecule has 0 saturated heterocycles. The summed E-state index contributed by atoms with van der Waals surface area (Å²) in [5, 5.41) is 4.90. The fourth-order valence-electron chi connectivity index (χ4n) is 10.3. The lowest BCUT2D eigenvalue weighted by atomic mass is 9.82. The minimum Gasteiger partial charge on any atom is -0.310 e. The van der Waals surface area contributed by atoms with Crippen LogP contribution < -0.4 is 4.90 Å². The smallest absolute Gasteiger partial charge is 0.0465 e. The van der Waals surface area contributed by atoms with Gasteiger partial charge in [-0.2, -0.15) is 0 Å². The van der Waals surface area contributed by atoms with Crippen LogP contribution in [0.15, 0.2) is 185 Å². The first-order valence-electron chi connectivity index (χ1n) is 20.4. The topological polar surface area (TPSA) is 3.24 Å². The quantitative estimate of drug-likeness (QED) is 0.156. The molecule has 284 valence electrons. The molecule has 9 aromatic rings. The average Bonchev–Trinajstić information content (AvgIpc) is 3.62. The van der Waals surface area contributed by atoms with E-state index in [1.807, 2.05) is 0 Å². The van der Waals surface area contributed by atoms with Gasteiger partial charge in [0.25, 0.3) is 0 Å². The van der Waals surface area contributed by atoms with Crippen LogP contribution in [0.3, 0.4) is 0 Å². The van der Waals surface area contributed by atoms with E-state index in [2.05, 4.69) is 240 Å². The van der Waals surface area contributed by atoms with Gasteiger partial charge in [-0.25, -0.2) is 0 Å². The SMILES string of the molecule is CC1(C)c2ccccc2-c2ccc(N(c3ccc(-c4c5ccc(Br)cc5c(-c5ccccc5)c5cc(Br)ccc45)cc3)c3ccc4c(c3)C(C)(C)c3ccccc3-4)cc21. The van der Waals surface area contributed by atoms with Crippen molar-refractivity contribution in [3.05, 3.63) is 207 Å². The first-order chi connectivity index (χ1) is 28.6. The van der Waals surface area contributed by atoms with E-state index in [1.54, 1.807) is 0 Å². The van der Waals surface area contributed by atoms with E-state index in [-0.39, 0.29) is 10.8 Å². The maximum absolute atomic E-state index is 3.82. The van der Waals surface area contributed by atoms with Gasteiger partial charge in [-0.1, -0.05) is 175 Å². The second-order valence-electron chi connectivity index (χ2n) is 17.2. The molecule has 59 heavy (non-hydrogen) atoms.